The van der Waals surface area contributed by atoms with Crippen LogP contribution in [0.2, 0.25) is 0 Å². The summed E-state index contributed by atoms with van der Waals surface area (Å²) in [5, 5.41) is 0. The minimum atomic E-state index is 0.568. The van der Waals surface area contributed by atoms with E-state index in [1.807, 2.05) is 6.07 Å². The minimum Gasteiger partial charge on any atom is -0.327 e. The highest BCUT2D eigenvalue weighted by atomic mass is 32.1. The zero-order valence-corrected chi connectivity index (χ0v) is 9.67. The van der Waals surface area contributed by atoms with Crippen molar-refractivity contribution in [3.63, 3.8) is 0 Å². The third kappa shape index (κ3) is 2.57. The first-order valence-corrected chi connectivity index (χ1v) is 6.04. The van der Waals surface area contributed by atoms with Crippen LogP contribution in [-0.2, 0) is 0 Å². The van der Waals surface area contributed by atoms with Gasteiger partial charge in [-0.25, -0.2) is 0 Å². The minimum absolute atomic E-state index is 0.568. The Morgan fingerprint density at radius 2 is 1.73 bits per heavy atom. The van der Waals surface area contributed by atoms with E-state index in [1.165, 1.54) is 37.8 Å². The summed E-state index contributed by atoms with van der Waals surface area (Å²) in [6, 6.07) is 10.9. The molecule has 0 aromatic heterocycles. The Hall–Kier alpha value is -0.890. The molecule has 0 unspecified atom stereocenters. The molecule has 0 saturated heterocycles. The Morgan fingerprint density at radius 3 is 2.33 bits per heavy atom. The van der Waals surface area contributed by atoms with Crippen LogP contribution in [0.1, 0.15) is 32.1 Å². The summed E-state index contributed by atoms with van der Waals surface area (Å²) in [4.78, 5) is 2.13. The topological polar surface area (TPSA) is 3.24 Å². The van der Waals surface area contributed by atoms with Gasteiger partial charge in [-0.1, -0.05) is 49.7 Å². The number of hydrogen-bond donors (Lipinski definition) is 0. The molecule has 15 heavy (non-hydrogen) atoms. The lowest BCUT2D eigenvalue weighted by molar-refractivity contribution is 0.442. The Morgan fingerprint density at radius 1 is 1.07 bits per heavy atom. The average molecular weight is 218 g/mol. The van der Waals surface area contributed by atoms with E-state index < -0.39 is 0 Å². The summed E-state index contributed by atoms with van der Waals surface area (Å²) in [6.07, 6.45) is 6.52. The second kappa shape index (κ2) is 5.26. The molecule has 0 bridgehead atoms. The van der Waals surface area contributed by atoms with Gasteiger partial charge in [-0.05, 0) is 25.0 Å². The van der Waals surface area contributed by atoms with E-state index in [1.54, 1.807) is 0 Å². The summed E-state index contributed by atoms with van der Waals surface area (Å²) < 4.78 is 0. The van der Waals surface area contributed by atoms with Crippen LogP contribution in [0.3, 0.4) is 0 Å². The molecular weight excluding hydrogens is 202 g/mol. The first-order valence-electron chi connectivity index (χ1n) is 5.64. The normalized spacial score (nSPS) is 17.3. The van der Waals surface area contributed by atoms with Crippen LogP contribution in [0.15, 0.2) is 30.3 Å². The number of nitrogens with zero attached hydrogens (tertiary/aromatic N) is 1. The quantitative estimate of drug-likeness (QED) is 0.562. The van der Waals surface area contributed by atoms with E-state index in [2.05, 4.69) is 34.7 Å². The fourth-order valence-electron chi connectivity index (χ4n) is 2.27. The van der Waals surface area contributed by atoms with Crippen molar-refractivity contribution in [3.05, 3.63) is 30.3 Å². The summed E-state index contributed by atoms with van der Waals surface area (Å²) in [6.45, 7) is 0. The van der Waals surface area contributed by atoms with Gasteiger partial charge in [-0.3, -0.25) is 0 Å². The average Bonchev–Trinajstić information content (AvgIpc) is 2.33. The zero-order chi connectivity index (χ0) is 10.5. The van der Waals surface area contributed by atoms with Crippen LogP contribution in [-0.4, -0.2) is 11.5 Å². The smallest absolute Gasteiger partial charge is 0.141 e. The van der Waals surface area contributed by atoms with Crippen LogP contribution in [0.5, 0.6) is 0 Å². The highest BCUT2D eigenvalue weighted by Gasteiger charge is 2.19. The monoisotopic (exact) mass is 218 g/mol. The number of thiocarbonyl (C=S) groups is 1. The number of benzene rings is 1. The van der Waals surface area contributed by atoms with E-state index in [-0.39, 0.29) is 0 Å². The molecule has 1 aliphatic carbocycles. The summed E-state index contributed by atoms with van der Waals surface area (Å²) >= 11 is 5.01. The molecule has 1 aromatic carbocycles. The van der Waals surface area contributed by atoms with Crippen LogP contribution >= 0.6 is 12.2 Å². The van der Waals surface area contributed by atoms with Crippen LogP contribution in [0.25, 0.3) is 0 Å². The van der Waals surface area contributed by atoms with E-state index in [4.69, 9.17) is 12.2 Å². The molecule has 2 rings (SSSR count). The number of rotatable bonds is 3. The van der Waals surface area contributed by atoms with Crippen LogP contribution < -0.4 is 4.90 Å². The second-order valence-electron chi connectivity index (χ2n) is 4.09. The maximum Gasteiger partial charge on any atom is 0.141 e. The van der Waals surface area contributed by atoms with Gasteiger partial charge in [-0.15, -0.1) is 0 Å². The standard InChI is InChI=1S/C13H16NS/c15-11-14(12-7-3-1-4-8-12)13-9-5-2-6-10-13/h1,3-4,7-8,13H,2,5-6,9-10H2. The van der Waals surface area contributed by atoms with Gasteiger partial charge in [0.05, 0.1) is 0 Å². The molecule has 79 valence electrons. The molecule has 1 nitrogen and oxygen atoms in total. The van der Waals surface area contributed by atoms with Crippen molar-refractivity contribution in [1.82, 2.24) is 0 Å². The predicted octanol–water partition coefficient (Wildman–Crippen LogP) is 3.66. The SMILES string of the molecule is S=[C]N(c1ccccc1)C1CCCCC1. The molecule has 0 atom stereocenters. The van der Waals surface area contributed by atoms with E-state index in [0.29, 0.717) is 6.04 Å². The molecule has 1 saturated carbocycles. The highest BCUT2D eigenvalue weighted by molar-refractivity contribution is 7.79. The Bertz CT molecular complexity index is 304. The van der Waals surface area contributed by atoms with Gasteiger partial charge < -0.3 is 4.90 Å². The predicted molar refractivity (Wildman–Crippen MR) is 68.4 cm³/mol. The van der Waals surface area contributed by atoms with Crippen molar-refractivity contribution < 1.29 is 0 Å². The van der Waals surface area contributed by atoms with Gasteiger partial charge in [0, 0.05) is 11.7 Å². The number of para-hydroxylation sites is 1. The molecule has 1 radical (unpaired) electrons. The van der Waals surface area contributed by atoms with E-state index >= 15 is 0 Å². The van der Waals surface area contributed by atoms with E-state index in [9.17, 15) is 0 Å². The third-order valence-electron chi connectivity index (χ3n) is 3.07. The van der Waals surface area contributed by atoms with Gasteiger partial charge >= 0.3 is 0 Å². The van der Waals surface area contributed by atoms with Crippen molar-refractivity contribution in [3.8, 4) is 0 Å². The Labute approximate surface area is 97.1 Å². The molecule has 1 fully saturated rings. The van der Waals surface area contributed by atoms with Crippen molar-refractivity contribution in [2.45, 2.75) is 38.1 Å². The molecule has 2 heteroatoms. The van der Waals surface area contributed by atoms with Crippen LogP contribution in [0.4, 0.5) is 5.69 Å². The first kappa shape index (κ1) is 10.6. The highest BCUT2D eigenvalue weighted by Crippen LogP contribution is 2.26. The van der Waals surface area contributed by atoms with Gasteiger partial charge in [0.15, 0.2) is 0 Å². The fraction of sp³-hybridized carbons (Fsp3) is 0.462. The first-order chi connectivity index (χ1) is 7.42. The summed E-state index contributed by atoms with van der Waals surface area (Å²) in [5.41, 5.74) is 4.08. The maximum absolute atomic E-state index is 5.01. The Balaban J connectivity index is 2.12. The van der Waals surface area contributed by atoms with Crippen molar-refractivity contribution in [1.29, 1.82) is 0 Å². The molecule has 1 aromatic rings. The Kier molecular flexibility index (Phi) is 3.73. The molecule has 0 spiro atoms. The lowest BCUT2D eigenvalue weighted by atomic mass is 9.94. The van der Waals surface area contributed by atoms with Gasteiger partial charge in [0.1, 0.15) is 5.49 Å². The molecular formula is C13H16NS. The van der Waals surface area contributed by atoms with Gasteiger partial charge in [-0.2, -0.15) is 0 Å². The second-order valence-corrected chi connectivity index (χ2v) is 4.27. The molecule has 0 aliphatic heterocycles. The zero-order valence-electron chi connectivity index (χ0n) is 8.86. The fourth-order valence-corrected chi connectivity index (χ4v) is 2.52. The van der Waals surface area contributed by atoms with Crippen molar-refractivity contribution in [2.75, 3.05) is 4.90 Å². The molecule has 0 amide bonds. The largest absolute Gasteiger partial charge is 0.327 e. The van der Waals surface area contributed by atoms with Crippen molar-refractivity contribution in [2.24, 2.45) is 0 Å². The number of anilines is 1. The molecule has 0 heterocycles. The lowest BCUT2D eigenvalue weighted by Crippen LogP contribution is -2.35. The maximum atomic E-state index is 5.01. The molecule has 1 aliphatic rings. The summed E-state index contributed by atoms with van der Waals surface area (Å²) in [7, 11) is 0. The lowest BCUT2D eigenvalue weighted by Gasteiger charge is -2.31. The van der Waals surface area contributed by atoms with Gasteiger partial charge in [0.25, 0.3) is 0 Å². The van der Waals surface area contributed by atoms with Crippen LogP contribution in [0, 0.1) is 0 Å². The summed E-state index contributed by atoms with van der Waals surface area (Å²) in [5.74, 6) is 0. The number of hydrogen-bond acceptors (Lipinski definition) is 1. The van der Waals surface area contributed by atoms with E-state index in [0.717, 1.165) is 0 Å². The van der Waals surface area contributed by atoms with Crippen molar-refractivity contribution >= 4 is 23.4 Å². The van der Waals surface area contributed by atoms with Gasteiger partial charge in [0.2, 0.25) is 0 Å². The molecule has 0 N–H and O–H groups in total. The third-order valence-corrected chi connectivity index (χ3v) is 3.27.